The number of pyridine rings is 2. The quantitative estimate of drug-likeness (QED) is 0.344. The molecule has 2 N–H and O–H groups in total. The Bertz CT molecular complexity index is 1110. The zero-order valence-electron chi connectivity index (χ0n) is 13.1. The first-order valence-electron chi connectivity index (χ1n) is 7.23. The summed E-state index contributed by atoms with van der Waals surface area (Å²) < 4.78 is 44.3. The van der Waals surface area contributed by atoms with E-state index >= 15 is 0 Å². The number of nitrogens with zero attached hydrogens (tertiary/aromatic N) is 2. The molecule has 138 valence electrons. The number of hydrogen-bond donors (Lipinski definition) is 2. The van der Waals surface area contributed by atoms with Crippen LogP contribution in [0.3, 0.4) is 0 Å². The molecule has 0 saturated heterocycles. The maximum atomic E-state index is 12.6. The number of benzene rings is 1. The predicted molar refractivity (Wildman–Crippen MR) is 104 cm³/mol. The molecule has 12 heteroatoms. The second kappa shape index (κ2) is 8.98. The van der Waals surface area contributed by atoms with E-state index in [4.69, 9.17) is 16.1 Å². The van der Waals surface area contributed by atoms with E-state index in [1.165, 1.54) is 36.8 Å². The van der Waals surface area contributed by atoms with Crippen molar-refractivity contribution >= 4 is 69.5 Å². The van der Waals surface area contributed by atoms with Gasteiger partial charge in [0.05, 0.1) is 4.90 Å². The number of aromatic nitrogens is 2. The second-order valence-electron chi connectivity index (χ2n) is 5.18. The topological polar surface area (TPSA) is 118 Å². The average molecular weight is 438 g/mol. The van der Waals surface area contributed by atoms with Gasteiger partial charge < -0.3 is 9.42 Å². The Balaban J connectivity index is 0.00000261. The summed E-state index contributed by atoms with van der Waals surface area (Å²) in [4.78, 5) is 17.6. The third-order valence-corrected chi connectivity index (χ3v) is 6.35. The molecule has 2 aromatic heterocycles. The SMILES string of the molecule is O=P(O)(CNS(=O)(=O)c1cccc2cnccc12)Oc1cccnc1Cl.[NaH]. The summed E-state index contributed by atoms with van der Waals surface area (Å²) in [6.07, 6.45) is 3.54. The van der Waals surface area contributed by atoms with Crippen molar-refractivity contribution in [1.29, 1.82) is 0 Å². The molecule has 0 amide bonds. The third-order valence-electron chi connectivity index (χ3n) is 3.35. The van der Waals surface area contributed by atoms with Gasteiger partial charge in [0.1, 0.15) is 6.29 Å². The Morgan fingerprint density at radius 2 is 1.96 bits per heavy atom. The first-order chi connectivity index (χ1) is 12.3. The molecule has 1 unspecified atom stereocenters. The number of nitrogens with one attached hydrogen (secondary N) is 1. The van der Waals surface area contributed by atoms with Crippen LogP contribution >= 0.6 is 19.2 Å². The minimum atomic E-state index is -4.35. The van der Waals surface area contributed by atoms with E-state index in [1.54, 1.807) is 18.2 Å². The van der Waals surface area contributed by atoms with E-state index in [9.17, 15) is 17.9 Å². The van der Waals surface area contributed by atoms with Crippen LogP contribution in [0, 0.1) is 0 Å². The fourth-order valence-corrected chi connectivity index (χ4v) is 5.15. The number of fused-ring (bicyclic) bond motifs is 1. The molecule has 0 aliphatic heterocycles. The Kier molecular flexibility index (Phi) is 7.40. The molecule has 0 aliphatic carbocycles. The van der Waals surface area contributed by atoms with Gasteiger partial charge in [-0.1, -0.05) is 23.7 Å². The van der Waals surface area contributed by atoms with Crippen LogP contribution in [-0.4, -0.2) is 59.1 Å². The molecule has 0 spiro atoms. The second-order valence-corrected chi connectivity index (χ2v) is 9.05. The van der Waals surface area contributed by atoms with Gasteiger partial charge in [-0.25, -0.2) is 18.0 Å². The third kappa shape index (κ3) is 5.49. The summed E-state index contributed by atoms with van der Waals surface area (Å²) in [6, 6.07) is 9.04. The summed E-state index contributed by atoms with van der Waals surface area (Å²) in [5.41, 5.74) is 0. The average Bonchev–Trinajstić information content (AvgIpc) is 2.62. The van der Waals surface area contributed by atoms with E-state index in [2.05, 4.69) is 14.7 Å². The van der Waals surface area contributed by atoms with Gasteiger partial charge in [0.2, 0.25) is 10.0 Å². The predicted octanol–water partition coefficient (Wildman–Crippen LogP) is 2.13. The molecule has 1 aromatic carbocycles. The molecule has 3 rings (SSSR count). The van der Waals surface area contributed by atoms with Gasteiger partial charge in [0.15, 0.2) is 10.9 Å². The Morgan fingerprint density at radius 3 is 2.70 bits per heavy atom. The number of hydrogen-bond acceptors (Lipinski definition) is 6. The Morgan fingerprint density at radius 1 is 1.19 bits per heavy atom. The van der Waals surface area contributed by atoms with Gasteiger partial charge in [-0.05, 0) is 24.3 Å². The summed E-state index contributed by atoms with van der Waals surface area (Å²) in [5, 5.41) is 0.964. The zero-order valence-corrected chi connectivity index (χ0v) is 15.6. The van der Waals surface area contributed by atoms with Crippen molar-refractivity contribution in [2.75, 3.05) is 6.29 Å². The van der Waals surface area contributed by atoms with Gasteiger partial charge in [-0.3, -0.25) is 4.98 Å². The molecule has 3 aromatic rings. The van der Waals surface area contributed by atoms with Crippen LogP contribution in [-0.2, 0) is 14.6 Å². The molecule has 0 bridgehead atoms. The van der Waals surface area contributed by atoms with Crippen molar-refractivity contribution in [1.82, 2.24) is 14.7 Å². The van der Waals surface area contributed by atoms with Gasteiger partial charge in [0.25, 0.3) is 0 Å². The fraction of sp³-hybridized carbons (Fsp3) is 0.0667. The van der Waals surface area contributed by atoms with Crippen LogP contribution in [0.25, 0.3) is 10.8 Å². The number of rotatable bonds is 6. The molecular weight excluding hydrogens is 424 g/mol. The van der Waals surface area contributed by atoms with Gasteiger partial charge in [-0.15, -0.1) is 0 Å². The molecule has 8 nitrogen and oxygen atoms in total. The standard InChI is InChI=1S/C15H13ClN3O5PS.Na.H/c16-15-13(4-2-7-18-15)24-25(20,21)10-19-26(22,23)14-5-1-3-11-9-17-8-6-12(11)14;;/h1-9,19H,10H2,(H,20,21);;. The molecular formula is C15H14ClN3NaO5PS. The normalized spacial score (nSPS) is 13.6. The van der Waals surface area contributed by atoms with Crippen molar-refractivity contribution in [2.24, 2.45) is 0 Å². The molecule has 0 aliphatic rings. The monoisotopic (exact) mass is 437 g/mol. The van der Waals surface area contributed by atoms with Crippen molar-refractivity contribution in [3.05, 3.63) is 60.1 Å². The molecule has 27 heavy (non-hydrogen) atoms. The fourth-order valence-electron chi connectivity index (χ4n) is 2.20. The van der Waals surface area contributed by atoms with E-state index in [0.717, 1.165) is 0 Å². The summed E-state index contributed by atoms with van der Waals surface area (Å²) in [7, 11) is -8.41. The minimum absolute atomic E-state index is 0. The van der Waals surface area contributed by atoms with E-state index in [-0.39, 0.29) is 45.4 Å². The van der Waals surface area contributed by atoms with Crippen LogP contribution in [0.15, 0.2) is 59.9 Å². The first kappa shape index (κ1) is 22.3. The molecule has 0 saturated carbocycles. The number of sulfonamides is 1. The zero-order chi connectivity index (χ0) is 18.8. The van der Waals surface area contributed by atoms with Crippen LogP contribution in [0.2, 0.25) is 5.15 Å². The van der Waals surface area contributed by atoms with Crippen LogP contribution in [0.1, 0.15) is 0 Å². The van der Waals surface area contributed by atoms with E-state index < -0.39 is 23.9 Å². The molecule has 0 fully saturated rings. The van der Waals surface area contributed by atoms with Crippen molar-refractivity contribution in [3.8, 4) is 5.75 Å². The van der Waals surface area contributed by atoms with Crippen molar-refractivity contribution in [2.45, 2.75) is 4.90 Å². The van der Waals surface area contributed by atoms with Crippen molar-refractivity contribution < 1.29 is 22.4 Å². The Labute approximate surface area is 182 Å². The van der Waals surface area contributed by atoms with E-state index in [0.29, 0.717) is 10.8 Å². The summed E-state index contributed by atoms with van der Waals surface area (Å²) >= 11 is 5.77. The maximum absolute atomic E-state index is 12.6. The van der Waals surface area contributed by atoms with Crippen LogP contribution < -0.4 is 9.25 Å². The first-order valence-corrected chi connectivity index (χ1v) is 10.9. The molecule has 2 heterocycles. The summed E-state index contributed by atoms with van der Waals surface area (Å²) in [5.74, 6) is -0.115. The summed E-state index contributed by atoms with van der Waals surface area (Å²) in [6.45, 7) is 0. The molecule has 1 atom stereocenters. The van der Waals surface area contributed by atoms with E-state index in [1.807, 2.05) is 0 Å². The molecule has 0 radical (unpaired) electrons. The van der Waals surface area contributed by atoms with Crippen molar-refractivity contribution in [3.63, 3.8) is 0 Å². The van der Waals surface area contributed by atoms with Gasteiger partial charge in [-0.2, -0.15) is 4.72 Å². The number of halogens is 1. The van der Waals surface area contributed by atoms with Crippen LogP contribution in [0.5, 0.6) is 5.75 Å². The Hall–Kier alpha value is -1.03. The van der Waals surface area contributed by atoms with Gasteiger partial charge in [0, 0.05) is 29.4 Å². The van der Waals surface area contributed by atoms with Gasteiger partial charge >= 0.3 is 37.2 Å². The van der Waals surface area contributed by atoms with Crippen LogP contribution in [0.4, 0.5) is 0 Å².